The molecule has 28 heavy (non-hydrogen) atoms. The second-order valence-electron chi connectivity index (χ2n) is 6.85. The number of hydrogen-bond donors (Lipinski definition) is 1. The number of nitrogens with zero attached hydrogens (tertiary/aromatic N) is 1. The molecule has 0 unspecified atom stereocenters. The molecule has 6 nitrogen and oxygen atoms in total. The van der Waals surface area contributed by atoms with Gasteiger partial charge >= 0.3 is 6.36 Å². The Hall–Kier alpha value is -2.75. The van der Waals surface area contributed by atoms with Crippen molar-refractivity contribution in [2.75, 3.05) is 16.7 Å². The Kier molecular flexibility index (Phi) is 4.57. The van der Waals surface area contributed by atoms with Gasteiger partial charge in [0.15, 0.2) is 0 Å². The fourth-order valence-electron chi connectivity index (χ4n) is 3.06. The smallest absolute Gasteiger partial charge is 0.406 e. The van der Waals surface area contributed by atoms with Crippen LogP contribution in [0.1, 0.15) is 19.4 Å². The van der Waals surface area contributed by atoms with Crippen LogP contribution in [0.5, 0.6) is 5.75 Å². The van der Waals surface area contributed by atoms with Crippen LogP contribution in [0.2, 0.25) is 0 Å². The molecular formula is C18H17F3N2O4S. The molecule has 0 aromatic heterocycles. The van der Waals surface area contributed by atoms with E-state index in [1.54, 1.807) is 27.0 Å². The third kappa shape index (κ3) is 3.64. The number of fused-ring (bicyclic) bond motifs is 1. The molecular weight excluding hydrogens is 397 g/mol. The lowest BCUT2D eigenvalue weighted by Crippen LogP contribution is -2.33. The summed E-state index contributed by atoms with van der Waals surface area (Å²) in [6, 6.07) is 8.68. The maximum Gasteiger partial charge on any atom is 0.573 e. The number of carbonyl (C=O) groups excluding carboxylic acids is 1. The van der Waals surface area contributed by atoms with Crippen LogP contribution in [0.25, 0.3) is 0 Å². The van der Waals surface area contributed by atoms with Gasteiger partial charge in [-0.1, -0.05) is 0 Å². The summed E-state index contributed by atoms with van der Waals surface area (Å²) in [7, 11) is -2.39. The largest absolute Gasteiger partial charge is 0.573 e. The van der Waals surface area contributed by atoms with Crippen LogP contribution in [0, 0.1) is 0 Å². The number of halogens is 3. The van der Waals surface area contributed by atoms with Gasteiger partial charge in [0.25, 0.3) is 10.0 Å². The predicted molar refractivity (Wildman–Crippen MR) is 96.8 cm³/mol. The molecule has 1 aliphatic rings. The minimum Gasteiger partial charge on any atom is -0.406 e. The van der Waals surface area contributed by atoms with Gasteiger partial charge in [-0.25, -0.2) is 8.42 Å². The summed E-state index contributed by atoms with van der Waals surface area (Å²) in [5.74, 6) is -0.610. The number of carbonyl (C=O) groups is 1. The third-order valence-corrected chi connectivity index (χ3v) is 5.87. The van der Waals surface area contributed by atoms with E-state index in [4.69, 9.17) is 0 Å². The number of anilines is 2. The number of likely N-dealkylation sites (N-methyl/N-ethyl adjacent to an activating group) is 1. The highest BCUT2D eigenvalue weighted by Gasteiger charge is 2.42. The van der Waals surface area contributed by atoms with Crippen molar-refractivity contribution in [1.82, 2.24) is 0 Å². The van der Waals surface area contributed by atoms with E-state index in [-0.39, 0.29) is 16.5 Å². The van der Waals surface area contributed by atoms with Crippen LogP contribution in [0.4, 0.5) is 24.5 Å². The number of hydrogen-bond acceptors (Lipinski definition) is 4. The van der Waals surface area contributed by atoms with Crippen LogP contribution in [-0.2, 0) is 20.2 Å². The van der Waals surface area contributed by atoms with E-state index in [1.807, 2.05) is 0 Å². The Morgan fingerprint density at radius 1 is 1.07 bits per heavy atom. The maximum absolute atomic E-state index is 12.7. The first kappa shape index (κ1) is 20.0. The summed E-state index contributed by atoms with van der Waals surface area (Å²) in [5.41, 5.74) is 0.411. The molecule has 0 spiro atoms. The van der Waals surface area contributed by atoms with E-state index in [2.05, 4.69) is 9.46 Å². The Balaban J connectivity index is 1.87. The normalized spacial score (nSPS) is 16.1. The van der Waals surface area contributed by atoms with E-state index in [0.29, 0.717) is 11.3 Å². The fraction of sp³-hybridized carbons (Fsp3) is 0.278. The average Bonchev–Trinajstić information content (AvgIpc) is 2.76. The molecule has 0 radical (unpaired) electrons. The topological polar surface area (TPSA) is 75.7 Å². The summed E-state index contributed by atoms with van der Waals surface area (Å²) >= 11 is 0. The molecule has 1 aliphatic heterocycles. The minimum atomic E-state index is -4.83. The number of alkyl halides is 3. The van der Waals surface area contributed by atoms with Gasteiger partial charge in [0.2, 0.25) is 5.91 Å². The Labute approximate surface area is 160 Å². The lowest BCUT2D eigenvalue weighted by Gasteiger charge is -2.17. The second-order valence-corrected chi connectivity index (χ2v) is 8.53. The van der Waals surface area contributed by atoms with Gasteiger partial charge in [-0.15, -0.1) is 13.2 Å². The van der Waals surface area contributed by atoms with Crippen LogP contribution in [0.3, 0.4) is 0 Å². The van der Waals surface area contributed by atoms with Gasteiger partial charge in [0, 0.05) is 18.4 Å². The number of rotatable bonds is 4. The molecule has 0 saturated carbocycles. The standard InChI is InChI=1S/C18H17F3N2O4S/c1-17(2)14-10-13(8-9-15(14)23(3)16(17)24)28(25,26)22-11-4-6-12(7-5-11)27-18(19,20)21/h4-10,22H,1-3H3. The second kappa shape index (κ2) is 6.40. The van der Waals surface area contributed by atoms with Gasteiger partial charge in [-0.05, 0) is 61.9 Å². The number of sulfonamides is 1. The van der Waals surface area contributed by atoms with E-state index in [9.17, 15) is 26.4 Å². The summed E-state index contributed by atoms with van der Waals surface area (Å²) in [5, 5.41) is 0. The van der Waals surface area contributed by atoms with Crippen LogP contribution >= 0.6 is 0 Å². The Morgan fingerprint density at radius 2 is 1.68 bits per heavy atom. The van der Waals surface area contributed by atoms with Gasteiger partial charge in [-0.2, -0.15) is 0 Å². The van der Waals surface area contributed by atoms with Crippen molar-refractivity contribution in [3.8, 4) is 5.75 Å². The summed E-state index contributed by atoms with van der Waals surface area (Å²) in [6.45, 7) is 3.42. The first-order valence-corrected chi connectivity index (χ1v) is 9.61. The fourth-order valence-corrected chi connectivity index (χ4v) is 4.14. The summed E-state index contributed by atoms with van der Waals surface area (Å²) in [6.07, 6.45) is -4.83. The monoisotopic (exact) mass is 414 g/mol. The predicted octanol–water partition coefficient (Wildman–Crippen LogP) is 3.64. The van der Waals surface area contributed by atoms with Crippen molar-refractivity contribution < 1.29 is 31.1 Å². The number of ether oxygens (including phenoxy) is 1. The van der Waals surface area contributed by atoms with Crippen molar-refractivity contribution in [2.45, 2.75) is 30.5 Å². The average molecular weight is 414 g/mol. The van der Waals surface area contributed by atoms with Crippen LogP contribution in [0.15, 0.2) is 47.4 Å². The molecule has 1 N–H and O–H groups in total. The maximum atomic E-state index is 12.7. The molecule has 150 valence electrons. The SMILES string of the molecule is CN1C(=O)C(C)(C)c2cc(S(=O)(=O)Nc3ccc(OC(F)(F)F)cc3)ccc21. The number of nitrogens with one attached hydrogen (secondary N) is 1. The van der Waals surface area contributed by atoms with E-state index >= 15 is 0 Å². The minimum absolute atomic E-state index is 0.0574. The van der Waals surface area contributed by atoms with Crippen molar-refractivity contribution in [1.29, 1.82) is 0 Å². The zero-order chi connectivity index (χ0) is 20.9. The molecule has 0 atom stereocenters. The molecule has 10 heteroatoms. The lowest BCUT2D eigenvalue weighted by atomic mass is 9.86. The number of amides is 1. The Morgan fingerprint density at radius 3 is 2.25 bits per heavy atom. The molecule has 1 amide bonds. The molecule has 3 rings (SSSR count). The van der Waals surface area contributed by atoms with E-state index < -0.39 is 27.6 Å². The zero-order valence-corrected chi connectivity index (χ0v) is 16.0. The highest BCUT2D eigenvalue weighted by molar-refractivity contribution is 7.92. The summed E-state index contributed by atoms with van der Waals surface area (Å²) in [4.78, 5) is 13.7. The highest BCUT2D eigenvalue weighted by atomic mass is 32.2. The van der Waals surface area contributed by atoms with Gasteiger partial charge < -0.3 is 9.64 Å². The molecule has 0 fully saturated rings. The lowest BCUT2D eigenvalue weighted by molar-refractivity contribution is -0.274. The Bertz CT molecular complexity index is 1030. The van der Waals surface area contributed by atoms with Crippen molar-refractivity contribution in [2.24, 2.45) is 0 Å². The van der Waals surface area contributed by atoms with Gasteiger partial charge in [0.05, 0.1) is 10.3 Å². The molecule has 0 aliphatic carbocycles. The molecule has 0 bridgehead atoms. The van der Waals surface area contributed by atoms with E-state index in [1.165, 1.54) is 17.0 Å². The molecule has 2 aromatic rings. The zero-order valence-electron chi connectivity index (χ0n) is 15.2. The van der Waals surface area contributed by atoms with Crippen LogP contribution in [-0.4, -0.2) is 27.7 Å². The molecule has 1 heterocycles. The van der Waals surface area contributed by atoms with Crippen LogP contribution < -0.4 is 14.4 Å². The first-order valence-electron chi connectivity index (χ1n) is 8.12. The highest BCUT2D eigenvalue weighted by Crippen LogP contribution is 2.41. The number of benzene rings is 2. The van der Waals surface area contributed by atoms with Gasteiger partial charge in [0.1, 0.15) is 5.75 Å². The van der Waals surface area contributed by atoms with Gasteiger partial charge in [-0.3, -0.25) is 9.52 Å². The quantitative estimate of drug-likeness (QED) is 0.829. The first-order chi connectivity index (χ1) is 12.8. The van der Waals surface area contributed by atoms with Crippen molar-refractivity contribution in [3.05, 3.63) is 48.0 Å². The van der Waals surface area contributed by atoms with Crippen molar-refractivity contribution in [3.63, 3.8) is 0 Å². The third-order valence-electron chi connectivity index (χ3n) is 4.49. The van der Waals surface area contributed by atoms with Crippen molar-refractivity contribution >= 4 is 27.3 Å². The summed E-state index contributed by atoms with van der Waals surface area (Å²) < 4.78 is 68.0. The molecule has 2 aromatic carbocycles. The van der Waals surface area contributed by atoms with E-state index in [0.717, 1.165) is 24.3 Å². The molecule has 0 saturated heterocycles.